The smallest absolute Gasteiger partial charge is 0.545 e. The number of rotatable bonds is 1. The van der Waals surface area contributed by atoms with Gasteiger partial charge in [0.1, 0.15) is 0 Å². The fraction of sp³-hybridized carbons (Fsp3) is 0. The molecule has 0 N–H and O–H groups in total. The van der Waals surface area contributed by atoms with E-state index < -0.39 is 5.97 Å². The molecule has 0 aromatic heterocycles. The number of carboxylic acids is 1. The Bertz CT molecular complexity index is 81.0. The summed E-state index contributed by atoms with van der Waals surface area (Å²) in [6, 6.07) is 0. The van der Waals surface area contributed by atoms with Gasteiger partial charge >= 0.3 is 27.3 Å². The van der Waals surface area contributed by atoms with Gasteiger partial charge in [-0.3, -0.25) is 0 Å². The molecule has 0 amide bonds. The van der Waals surface area contributed by atoms with Crippen LogP contribution in [0.1, 0.15) is 0 Å². The van der Waals surface area contributed by atoms with E-state index in [9.17, 15) is 9.90 Å². The summed E-state index contributed by atoms with van der Waals surface area (Å²) in [6.07, 6.45) is 0.889. The van der Waals surface area contributed by atoms with Gasteiger partial charge in [0, 0.05) is 0 Å². The van der Waals surface area contributed by atoms with E-state index in [1.54, 1.807) is 0 Å². The molecule has 0 aromatic rings. The molecule has 0 aliphatic heterocycles. The minimum atomic E-state index is -1.19. The normalized spacial score (nSPS) is 8.14. The fourth-order valence-electron chi connectivity index (χ4n) is 0.0514. The SMILES string of the molecule is O=C([O-])/C=C/Br.[Tl+]. The summed E-state index contributed by atoms with van der Waals surface area (Å²) in [6.45, 7) is 0. The first-order valence-electron chi connectivity index (χ1n) is 1.25. The largest absolute Gasteiger partial charge is 1.00 e. The molecule has 2 nitrogen and oxygen atoms in total. The van der Waals surface area contributed by atoms with Crippen molar-refractivity contribution in [3.05, 3.63) is 11.1 Å². The second-order valence-electron chi connectivity index (χ2n) is 0.612. The molecule has 0 saturated heterocycles. The van der Waals surface area contributed by atoms with E-state index in [1.165, 1.54) is 4.99 Å². The second-order valence-corrected chi connectivity index (χ2v) is 1.14. The molecule has 36 valence electrons. The van der Waals surface area contributed by atoms with Crippen LogP contribution in [0.2, 0.25) is 0 Å². The summed E-state index contributed by atoms with van der Waals surface area (Å²) in [5.41, 5.74) is 0. The van der Waals surface area contributed by atoms with Crippen LogP contribution in [-0.4, -0.2) is 33.3 Å². The van der Waals surface area contributed by atoms with E-state index in [0.29, 0.717) is 0 Å². The van der Waals surface area contributed by atoms with Crippen LogP contribution in [0.3, 0.4) is 0 Å². The fourth-order valence-corrected chi connectivity index (χ4v) is 0.267. The van der Waals surface area contributed by atoms with E-state index in [-0.39, 0.29) is 27.3 Å². The number of carboxylic acid groups (broad SMARTS) is 1. The van der Waals surface area contributed by atoms with Crippen molar-refractivity contribution in [3.8, 4) is 0 Å². The van der Waals surface area contributed by atoms with Gasteiger partial charge in [-0.1, -0.05) is 15.9 Å². The molecule has 0 rings (SSSR count). The quantitative estimate of drug-likeness (QED) is 0.460. The van der Waals surface area contributed by atoms with E-state index in [4.69, 9.17) is 0 Å². The summed E-state index contributed by atoms with van der Waals surface area (Å²) in [7, 11) is 0. The number of carbonyl (C=O) groups is 1. The van der Waals surface area contributed by atoms with Crippen molar-refractivity contribution in [1.82, 2.24) is 0 Å². The molecule has 4 heteroatoms. The number of carbonyl (C=O) groups excluding carboxylic acids is 1. The van der Waals surface area contributed by atoms with Crippen molar-refractivity contribution in [2.75, 3.05) is 0 Å². The number of halogens is 1. The van der Waals surface area contributed by atoms with Crippen LogP contribution in [0.5, 0.6) is 0 Å². The van der Waals surface area contributed by atoms with E-state index in [1.807, 2.05) is 0 Å². The molecule has 0 spiro atoms. The van der Waals surface area contributed by atoms with Gasteiger partial charge in [-0.2, -0.15) is 0 Å². The summed E-state index contributed by atoms with van der Waals surface area (Å²) >= 11 is 2.75. The van der Waals surface area contributed by atoms with Crippen LogP contribution in [0.15, 0.2) is 11.1 Å². The molecule has 0 saturated carbocycles. The van der Waals surface area contributed by atoms with Crippen molar-refractivity contribution in [2.24, 2.45) is 0 Å². The number of hydrogen-bond acceptors (Lipinski definition) is 2. The Hall–Kier alpha value is 0.612. The van der Waals surface area contributed by atoms with Crippen molar-refractivity contribution in [2.45, 2.75) is 0 Å². The molecule has 0 unspecified atom stereocenters. The summed E-state index contributed by atoms with van der Waals surface area (Å²) in [5, 5.41) is 9.37. The average molecular weight is 354 g/mol. The van der Waals surface area contributed by atoms with Crippen molar-refractivity contribution < 1.29 is 9.90 Å². The number of hydrogen-bond donors (Lipinski definition) is 0. The van der Waals surface area contributed by atoms with Gasteiger partial charge in [0.15, 0.2) is 0 Å². The summed E-state index contributed by atoms with van der Waals surface area (Å²) in [4.78, 5) is 10.6. The zero-order valence-electron chi connectivity index (χ0n) is 3.43. The van der Waals surface area contributed by atoms with E-state index >= 15 is 0 Å². The van der Waals surface area contributed by atoms with Crippen LogP contribution in [-0.2, 0) is 4.79 Å². The third-order valence-corrected chi connectivity index (χ3v) is 0.463. The maximum Gasteiger partial charge on any atom is 1.00 e. The third-order valence-electron chi connectivity index (χ3n) is 0.199. The zero-order chi connectivity index (χ0) is 4.99. The maximum atomic E-state index is 9.37. The Kier molecular flexibility index (Phi) is 9.98. The van der Waals surface area contributed by atoms with Gasteiger partial charge in [-0.25, -0.2) is 0 Å². The molecule has 0 bridgehead atoms. The van der Waals surface area contributed by atoms with Gasteiger partial charge in [-0.05, 0) is 11.1 Å². The third kappa shape index (κ3) is 10.8. The molecule has 0 heterocycles. The van der Waals surface area contributed by atoms with Crippen molar-refractivity contribution in [3.63, 3.8) is 0 Å². The first kappa shape index (κ1) is 10.6. The van der Waals surface area contributed by atoms with Gasteiger partial charge < -0.3 is 9.90 Å². The predicted molar refractivity (Wildman–Crippen MR) is 28.8 cm³/mol. The Morgan fingerprint density at radius 3 is 2.14 bits per heavy atom. The van der Waals surface area contributed by atoms with Crippen LogP contribution in [0, 0.1) is 0 Å². The molecule has 0 aliphatic carbocycles. The van der Waals surface area contributed by atoms with Crippen LogP contribution < -0.4 is 5.11 Å². The van der Waals surface area contributed by atoms with Crippen molar-refractivity contribution >= 4 is 49.2 Å². The average Bonchev–Trinajstić information content (AvgIpc) is 1.35. The molecular weight excluding hydrogens is 352 g/mol. The first-order chi connectivity index (χ1) is 2.77. The van der Waals surface area contributed by atoms with Gasteiger partial charge in [0.2, 0.25) is 0 Å². The summed E-state index contributed by atoms with van der Waals surface area (Å²) < 4.78 is 0. The number of aliphatic carboxylic acids is 1. The molecule has 0 aliphatic rings. The van der Waals surface area contributed by atoms with Crippen LogP contribution >= 0.6 is 15.9 Å². The molecule has 7 heavy (non-hydrogen) atoms. The second kappa shape index (κ2) is 6.61. The van der Waals surface area contributed by atoms with Crippen LogP contribution in [0.25, 0.3) is 0 Å². The van der Waals surface area contributed by atoms with Gasteiger partial charge in [-0.15, -0.1) is 0 Å². The topological polar surface area (TPSA) is 40.1 Å². The van der Waals surface area contributed by atoms with Gasteiger partial charge in [0.05, 0.1) is 5.97 Å². The minimum absolute atomic E-state index is 0. The molecule has 0 aromatic carbocycles. The minimum Gasteiger partial charge on any atom is -0.545 e. The Labute approximate surface area is 69.9 Å². The molecule has 0 atom stereocenters. The van der Waals surface area contributed by atoms with E-state index in [0.717, 1.165) is 6.08 Å². The summed E-state index contributed by atoms with van der Waals surface area (Å²) in [5.74, 6) is -1.19. The molecule has 0 radical (unpaired) electrons. The standard InChI is InChI=1S/C3H3BrO2.Tl/c4-2-1-3(5)6;/h1-2H,(H,5,6);/q;+1/p-1/b2-1+;. The molecule has 0 fully saturated rings. The Balaban J connectivity index is 0. The Morgan fingerprint density at radius 1 is 1.71 bits per heavy atom. The zero-order valence-corrected chi connectivity index (χ0v) is 9.50. The monoisotopic (exact) mass is 354 g/mol. The van der Waals surface area contributed by atoms with Crippen molar-refractivity contribution in [1.29, 1.82) is 0 Å². The molecular formula is C3H2BrO2Tl. The maximum absolute atomic E-state index is 9.37. The Morgan fingerprint density at radius 2 is 2.14 bits per heavy atom. The van der Waals surface area contributed by atoms with E-state index in [2.05, 4.69) is 15.9 Å². The van der Waals surface area contributed by atoms with Crippen LogP contribution in [0.4, 0.5) is 0 Å². The predicted octanol–water partition coefficient (Wildman–Crippen LogP) is -0.736. The van der Waals surface area contributed by atoms with Gasteiger partial charge in [0.25, 0.3) is 0 Å². The first-order valence-corrected chi connectivity index (χ1v) is 2.16.